The average Bonchev–Trinajstić information content (AvgIpc) is 3.13. The summed E-state index contributed by atoms with van der Waals surface area (Å²) >= 11 is 0. The Morgan fingerprint density at radius 3 is 2.50 bits per heavy atom. The number of hydrogen-bond donors (Lipinski definition) is 1. The van der Waals surface area contributed by atoms with Gasteiger partial charge in [-0.2, -0.15) is 0 Å². The lowest BCUT2D eigenvalue weighted by Crippen LogP contribution is -2.35. The minimum Gasteiger partial charge on any atom is -0.395 e. The van der Waals surface area contributed by atoms with Gasteiger partial charge < -0.3 is 5.11 Å². The van der Waals surface area contributed by atoms with E-state index in [1.165, 1.54) is 51.5 Å². The fourth-order valence-corrected chi connectivity index (χ4v) is 3.26. The molecule has 0 aromatic heterocycles. The third kappa shape index (κ3) is 3.46. The molecule has 1 N–H and O–H groups in total. The Bertz CT molecular complexity index is 203. The summed E-state index contributed by atoms with van der Waals surface area (Å²) in [7, 11) is 0. The molecule has 0 heterocycles. The molecular weight excluding hydrogens is 198 g/mol. The first-order valence-corrected chi connectivity index (χ1v) is 7.18. The summed E-state index contributed by atoms with van der Waals surface area (Å²) in [5.74, 6) is 1.89. The van der Waals surface area contributed by atoms with Crippen LogP contribution in [0.15, 0.2) is 0 Å². The van der Waals surface area contributed by atoms with Crippen molar-refractivity contribution in [3.63, 3.8) is 0 Å². The summed E-state index contributed by atoms with van der Waals surface area (Å²) in [6, 6.07) is 0.814. The van der Waals surface area contributed by atoms with Crippen molar-refractivity contribution < 1.29 is 5.11 Å². The first kappa shape index (κ1) is 12.4. The quantitative estimate of drug-likeness (QED) is 0.751. The Hall–Kier alpha value is -0.0800. The molecule has 0 radical (unpaired) electrons. The molecule has 2 unspecified atom stereocenters. The molecule has 2 aliphatic carbocycles. The first-order chi connectivity index (χ1) is 7.83. The fourth-order valence-electron chi connectivity index (χ4n) is 3.26. The summed E-state index contributed by atoms with van der Waals surface area (Å²) < 4.78 is 0. The number of aliphatic hydroxyl groups is 1. The summed E-state index contributed by atoms with van der Waals surface area (Å²) in [5, 5.41) is 9.10. The van der Waals surface area contributed by atoms with Gasteiger partial charge in [0.1, 0.15) is 0 Å². The molecule has 0 aliphatic heterocycles. The van der Waals surface area contributed by atoms with E-state index < -0.39 is 0 Å². The van der Waals surface area contributed by atoms with Crippen LogP contribution in [0.5, 0.6) is 0 Å². The van der Waals surface area contributed by atoms with Gasteiger partial charge in [-0.25, -0.2) is 0 Å². The lowest BCUT2D eigenvalue weighted by atomic mass is 9.80. The van der Waals surface area contributed by atoms with Gasteiger partial charge in [-0.05, 0) is 37.5 Å². The van der Waals surface area contributed by atoms with Crippen LogP contribution >= 0.6 is 0 Å². The van der Waals surface area contributed by atoms with Crippen LogP contribution < -0.4 is 0 Å². The first-order valence-electron chi connectivity index (χ1n) is 7.18. The maximum absolute atomic E-state index is 9.10. The predicted molar refractivity (Wildman–Crippen MR) is 67.4 cm³/mol. The molecule has 2 heteroatoms. The molecule has 0 saturated heterocycles. The summed E-state index contributed by atoms with van der Waals surface area (Å²) in [6.07, 6.45) is 9.83. The molecule has 0 amide bonds. The predicted octanol–water partition coefficient (Wildman–Crippen LogP) is 2.66. The van der Waals surface area contributed by atoms with Gasteiger partial charge in [0, 0.05) is 19.1 Å². The van der Waals surface area contributed by atoms with Crippen molar-refractivity contribution in [2.45, 2.75) is 57.9 Å². The molecule has 2 saturated carbocycles. The Morgan fingerprint density at radius 2 is 1.88 bits per heavy atom. The van der Waals surface area contributed by atoms with Gasteiger partial charge in [0.2, 0.25) is 0 Å². The maximum atomic E-state index is 9.10. The van der Waals surface area contributed by atoms with Crippen LogP contribution in [-0.4, -0.2) is 35.7 Å². The molecule has 2 rings (SSSR count). The second-order valence-corrected chi connectivity index (χ2v) is 5.76. The Morgan fingerprint density at radius 1 is 1.12 bits per heavy atom. The average molecular weight is 225 g/mol. The lowest BCUT2D eigenvalue weighted by molar-refractivity contribution is 0.139. The second-order valence-electron chi connectivity index (χ2n) is 5.76. The Kier molecular flexibility index (Phi) is 4.66. The third-order valence-corrected chi connectivity index (χ3v) is 4.41. The van der Waals surface area contributed by atoms with Gasteiger partial charge in [0.05, 0.1) is 6.61 Å². The summed E-state index contributed by atoms with van der Waals surface area (Å²) in [4.78, 5) is 2.54. The molecule has 2 fully saturated rings. The van der Waals surface area contributed by atoms with E-state index >= 15 is 0 Å². The van der Waals surface area contributed by atoms with E-state index in [0.717, 1.165) is 24.4 Å². The van der Waals surface area contributed by atoms with Gasteiger partial charge in [0.25, 0.3) is 0 Å². The van der Waals surface area contributed by atoms with E-state index in [2.05, 4.69) is 11.8 Å². The normalized spacial score (nSPS) is 30.9. The van der Waals surface area contributed by atoms with Crippen molar-refractivity contribution in [3.8, 4) is 0 Å². The van der Waals surface area contributed by atoms with E-state index in [0.29, 0.717) is 6.61 Å². The van der Waals surface area contributed by atoms with Crippen LogP contribution in [0.4, 0.5) is 0 Å². The van der Waals surface area contributed by atoms with E-state index in [9.17, 15) is 0 Å². The minimum atomic E-state index is 0.334. The van der Waals surface area contributed by atoms with E-state index in [-0.39, 0.29) is 0 Å². The summed E-state index contributed by atoms with van der Waals surface area (Å²) in [5.41, 5.74) is 0. The maximum Gasteiger partial charge on any atom is 0.0558 e. The van der Waals surface area contributed by atoms with Gasteiger partial charge in [-0.1, -0.05) is 26.2 Å². The largest absolute Gasteiger partial charge is 0.395 e. The molecule has 16 heavy (non-hydrogen) atoms. The van der Waals surface area contributed by atoms with Crippen molar-refractivity contribution >= 4 is 0 Å². The Balaban J connectivity index is 1.77. The monoisotopic (exact) mass is 225 g/mol. The number of hydrogen-bond acceptors (Lipinski definition) is 2. The zero-order chi connectivity index (χ0) is 11.4. The number of nitrogens with zero attached hydrogens (tertiary/aromatic N) is 1. The second kappa shape index (κ2) is 6.02. The topological polar surface area (TPSA) is 23.5 Å². The smallest absolute Gasteiger partial charge is 0.0558 e. The van der Waals surface area contributed by atoms with Crippen LogP contribution in [0.2, 0.25) is 0 Å². The highest BCUT2D eigenvalue weighted by molar-refractivity contribution is 4.86. The van der Waals surface area contributed by atoms with Crippen molar-refractivity contribution in [1.82, 2.24) is 4.90 Å². The standard InChI is InChI=1S/C14H27NO/c1-2-12-4-3-5-13(10-12)11-15(8-9-16)14-6-7-14/h12-14,16H,2-11H2,1H3. The molecule has 0 bridgehead atoms. The van der Waals surface area contributed by atoms with Crippen LogP contribution in [0.25, 0.3) is 0 Å². The highest BCUT2D eigenvalue weighted by Crippen LogP contribution is 2.34. The van der Waals surface area contributed by atoms with Gasteiger partial charge in [0.15, 0.2) is 0 Å². The number of aliphatic hydroxyl groups excluding tert-OH is 1. The zero-order valence-corrected chi connectivity index (χ0v) is 10.7. The van der Waals surface area contributed by atoms with Crippen molar-refractivity contribution in [3.05, 3.63) is 0 Å². The van der Waals surface area contributed by atoms with Gasteiger partial charge >= 0.3 is 0 Å². The molecular formula is C14H27NO. The Labute approximate surface area is 100 Å². The van der Waals surface area contributed by atoms with Crippen molar-refractivity contribution in [2.75, 3.05) is 19.7 Å². The van der Waals surface area contributed by atoms with E-state index in [1.54, 1.807) is 0 Å². The summed E-state index contributed by atoms with van der Waals surface area (Å²) in [6.45, 7) is 4.82. The van der Waals surface area contributed by atoms with Crippen LogP contribution in [0.3, 0.4) is 0 Å². The van der Waals surface area contributed by atoms with Crippen LogP contribution in [0.1, 0.15) is 51.9 Å². The molecule has 0 spiro atoms. The highest BCUT2D eigenvalue weighted by atomic mass is 16.3. The molecule has 0 aromatic carbocycles. The lowest BCUT2D eigenvalue weighted by Gasteiger charge is -2.33. The van der Waals surface area contributed by atoms with Crippen LogP contribution in [0, 0.1) is 11.8 Å². The minimum absolute atomic E-state index is 0.334. The molecule has 2 atom stereocenters. The van der Waals surface area contributed by atoms with Gasteiger partial charge in [-0.15, -0.1) is 0 Å². The van der Waals surface area contributed by atoms with E-state index in [4.69, 9.17) is 5.11 Å². The SMILES string of the molecule is CCC1CCCC(CN(CCO)C2CC2)C1. The van der Waals surface area contributed by atoms with E-state index in [1.807, 2.05) is 0 Å². The third-order valence-electron chi connectivity index (χ3n) is 4.41. The van der Waals surface area contributed by atoms with Gasteiger partial charge in [-0.3, -0.25) is 4.90 Å². The van der Waals surface area contributed by atoms with Crippen molar-refractivity contribution in [2.24, 2.45) is 11.8 Å². The molecule has 94 valence electrons. The number of rotatable bonds is 6. The highest BCUT2D eigenvalue weighted by Gasteiger charge is 2.31. The zero-order valence-electron chi connectivity index (χ0n) is 10.7. The molecule has 2 nitrogen and oxygen atoms in total. The fraction of sp³-hybridized carbons (Fsp3) is 1.00. The molecule has 2 aliphatic rings. The molecule has 0 aromatic rings. The van der Waals surface area contributed by atoms with Crippen molar-refractivity contribution in [1.29, 1.82) is 0 Å². The van der Waals surface area contributed by atoms with Crippen LogP contribution in [-0.2, 0) is 0 Å².